The van der Waals surface area contributed by atoms with E-state index in [9.17, 15) is 22.4 Å². The molecule has 0 spiro atoms. The summed E-state index contributed by atoms with van der Waals surface area (Å²) in [5.41, 5.74) is -0.579. The second-order valence-electron chi connectivity index (χ2n) is 9.74. The minimum atomic E-state index is -1.63. The van der Waals surface area contributed by atoms with Crippen LogP contribution in [0.1, 0.15) is 80.8 Å². The molecule has 0 radical (unpaired) electrons. The number of unbranched alkanes of at least 4 members (excludes halogenated alkanes) is 4. The van der Waals surface area contributed by atoms with Gasteiger partial charge in [-0.3, -0.25) is 0 Å². The summed E-state index contributed by atoms with van der Waals surface area (Å²) in [7, 11) is 0. The fraction of sp³-hybridized carbons (Fsp3) is 0.364. The number of ether oxygens (including phenoxy) is 3. The molecule has 0 N–H and O–H groups in total. The van der Waals surface area contributed by atoms with Gasteiger partial charge in [-0.25, -0.2) is 13.6 Å². The highest BCUT2D eigenvalue weighted by molar-refractivity contribution is 5.91. The molecule has 41 heavy (non-hydrogen) atoms. The van der Waals surface area contributed by atoms with Gasteiger partial charge in [0.05, 0.1) is 18.8 Å². The van der Waals surface area contributed by atoms with Crippen LogP contribution < -0.4 is 14.2 Å². The number of halogens is 4. The number of carbonyl (C=O) groups is 1. The summed E-state index contributed by atoms with van der Waals surface area (Å²) in [5.74, 6) is -2.20. The first-order valence-corrected chi connectivity index (χ1v) is 13.8. The van der Waals surface area contributed by atoms with Crippen LogP contribution in [0.25, 0.3) is 0 Å². The first kappa shape index (κ1) is 31.5. The molecule has 3 aromatic carbocycles. The number of hydrogen-bond donors (Lipinski definition) is 0. The van der Waals surface area contributed by atoms with Gasteiger partial charge in [0.25, 0.3) is 0 Å². The lowest BCUT2D eigenvalue weighted by Crippen LogP contribution is -2.09. The van der Waals surface area contributed by atoms with Crippen LogP contribution in [0, 0.1) is 41.0 Å². The molecule has 0 amide bonds. The third kappa shape index (κ3) is 9.01. The van der Waals surface area contributed by atoms with E-state index in [0.29, 0.717) is 30.4 Å². The Morgan fingerprint density at radius 3 is 1.98 bits per heavy atom. The fourth-order valence-electron chi connectivity index (χ4n) is 3.68. The smallest absolute Gasteiger partial charge is 0.343 e. The first-order valence-electron chi connectivity index (χ1n) is 13.8. The summed E-state index contributed by atoms with van der Waals surface area (Å²) in [5, 5.41) is 0. The summed E-state index contributed by atoms with van der Waals surface area (Å²) in [6.07, 6.45) is 5.29. The zero-order chi connectivity index (χ0) is 29.8. The van der Waals surface area contributed by atoms with Gasteiger partial charge < -0.3 is 14.2 Å². The molecule has 0 aliphatic rings. The third-order valence-corrected chi connectivity index (χ3v) is 6.44. The van der Waals surface area contributed by atoms with Crippen molar-refractivity contribution in [3.05, 3.63) is 88.5 Å². The molecule has 3 rings (SSSR count). The quantitative estimate of drug-likeness (QED) is 0.0515. The van der Waals surface area contributed by atoms with E-state index in [1.165, 1.54) is 24.3 Å². The summed E-state index contributed by atoms with van der Waals surface area (Å²) >= 11 is 0. The van der Waals surface area contributed by atoms with Crippen molar-refractivity contribution in [1.29, 1.82) is 0 Å². The first-order chi connectivity index (χ1) is 19.7. The molecule has 0 bridgehead atoms. The Bertz CT molecular complexity index is 1330. The lowest BCUT2D eigenvalue weighted by Gasteiger charge is -2.11. The minimum Gasteiger partial charge on any atom is -0.493 e. The third-order valence-electron chi connectivity index (χ3n) is 6.44. The van der Waals surface area contributed by atoms with Crippen molar-refractivity contribution in [2.24, 2.45) is 5.92 Å². The SMILES string of the molecule is CCCCCCCOc1c(F)c(F)c(C#Cc2ccc(C(=O)Oc3ccc(OC[C@@H](C)CC)cc3)cc2)c(F)c1F. The average Bonchev–Trinajstić information content (AvgIpc) is 2.99. The fourth-order valence-corrected chi connectivity index (χ4v) is 3.68. The maximum absolute atomic E-state index is 14.5. The van der Waals surface area contributed by atoms with Crippen LogP contribution in [0.15, 0.2) is 48.5 Å². The van der Waals surface area contributed by atoms with Crippen LogP contribution in [0.2, 0.25) is 0 Å². The van der Waals surface area contributed by atoms with Gasteiger partial charge in [0.2, 0.25) is 11.6 Å². The Morgan fingerprint density at radius 1 is 0.756 bits per heavy atom. The van der Waals surface area contributed by atoms with Crippen LogP contribution in [0.5, 0.6) is 17.2 Å². The largest absolute Gasteiger partial charge is 0.493 e. The second kappa shape index (κ2) is 15.7. The van der Waals surface area contributed by atoms with Crippen LogP contribution in [-0.4, -0.2) is 19.2 Å². The van der Waals surface area contributed by atoms with Gasteiger partial charge in [0.1, 0.15) is 17.1 Å². The topological polar surface area (TPSA) is 44.8 Å². The lowest BCUT2D eigenvalue weighted by atomic mass is 10.1. The maximum atomic E-state index is 14.5. The van der Waals surface area contributed by atoms with E-state index in [4.69, 9.17) is 14.2 Å². The summed E-state index contributed by atoms with van der Waals surface area (Å²) in [6, 6.07) is 12.3. The van der Waals surface area contributed by atoms with E-state index in [1.807, 2.05) is 0 Å². The minimum absolute atomic E-state index is 0.0612. The molecule has 218 valence electrons. The van der Waals surface area contributed by atoms with Crippen molar-refractivity contribution in [3.63, 3.8) is 0 Å². The Hall–Kier alpha value is -3.99. The van der Waals surface area contributed by atoms with E-state index >= 15 is 0 Å². The van der Waals surface area contributed by atoms with Gasteiger partial charge in [-0.05, 0) is 60.9 Å². The van der Waals surface area contributed by atoms with Gasteiger partial charge in [-0.15, -0.1) is 0 Å². The standard InChI is InChI=1S/C33H34F4O4/c1-4-6-7-8-9-20-39-32-30(36)28(34)27(29(35)31(32)37)19-12-23-10-13-24(14-11-23)33(38)41-26-17-15-25(16-18-26)40-21-22(3)5-2/h10-11,13-18,22H,4-9,20-21H2,1-3H3/t22-/m0/s1. The molecule has 3 aromatic rings. The molecule has 1 atom stereocenters. The Balaban J connectivity index is 1.63. The highest BCUT2D eigenvalue weighted by atomic mass is 19.2. The zero-order valence-corrected chi connectivity index (χ0v) is 23.5. The van der Waals surface area contributed by atoms with Gasteiger partial charge >= 0.3 is 5.97 Å². The Morgan fingerprint density at radius 2 is 1.37 bits per heavy atom. The van der Waals surface area contributed by atoms with Gasteiger partial charge in [-0.1, -0.05) is 64.7 Å². The summed E-state index contributed by atoms with van der Waals surface area (Å²) in [6.45, 7) is 6.76. The van der Waals surface area contributed by atoms with Gasteiger partial charge in [0.15, 0.2) is 17.4 Å². The Kier molecular flexibility index (Phi) is 12.1. The summed E-state index contributed by atoms with van der Waals surface area (Å²) in [4.78, 5) is 12.5. The molecule has 0 saturated heterocycles. The van der Waals surface area contributed by atoms with Crippen molar-refractivity contribution in [1.82, 2.24) is 0 Å². The van der Waals surface area contributed by atoms with Crippen molar-refractivity contribution in [2.45, 2.75) is 59.3 Å². The van der Waals surface area contributed by atoms with Crippen LogP contribution in [0.4, 0.5) is 17.6 Å². The van der Waals surface area contributed by atoms with E-state index in [0.717, 1.165) is 32.1 Å². The van der Waals surface area contributed by atoms with Crippen molar-refractivity contribution in [3.8, 4) is 29.1 Å². The molecular weight excluding hydrogens is 536 g/mol. The highest BCUT2D eigenvalue weighted by Gasteiger charge is 2.26. The number of rotatable bonds is 13. The molecule has 0 heterocycles. The molecule has 0 saturated carbocycles. The predicted octanol–water partition coefficient (Wildman–Crippen LogP) is 8.64. The monoisotopic (exact) mass is 570 g/mol. The second-order valence-corrected chi connectivity index (χ2v) is 9.74. The molecule has 4 nitrogen and oxygen atoms in total. The van der Waals surface area contributed by atoms with Crippen molar-refractivity contribution < 1.29 is 36.6 Å². The maximum Gasteiger partial charge on any atom is 0.343 e. The van der Waals surface area contributed by atoms with Gasteiger partial charge in [0, 0.05) is 5.56 Å². The van der Waals surface area contributed by atoms with E-state index in [-0.39, 0.29) is 17.7 Å². The molecule has 0 aromatic heterocycles. The molecule has 0 fully saturated rings. The molecule has 0 aliphatic heterocycles. The normalized spacial score (nSPS) is 11.4. The van der Waals surface area contributed by atoms with E-state index < -0.39 is 40.6 Å². The number of hydrogen-bond acceptors (Lipinski definition) is 4. The van der Waals surface area contributed by atoms with Crippen LogP contribution in [0.3, 0.4) is 0 Å². The average molecular weight is 571 g/mol. The Labute approximate surface area is 238 Å². The molecular formula is C33H34F4O4. The molecule has 8 heteroatoms. The van der Waals surface area contributed by atoms with Crippen molar-refractivity contribution >= 4 is 5.97 Å². The lowest BCUT2D eigenvalue weighted by molar-refractivity contribution is 0.0734. The number of benzene rings is 3. The van der Waals surface area contributed by atoms with Crippen LogP contribution >= 0.6 is 0 Å². The molecule has 0 unspecified atom stereocenters. The number of carbonyl (C=O) groups excluding carboxylic acids is 1. The number of esters is 1. The summed E-state index contributed by atoms with van der Waals surface area (Å²) < 4.78 is 74.1. The predicted molar refractivity (Wildman–Crippen MR) is 149 cm³/mol. The van der Waals surface area contributed by atoms with E-state index in [2.05, 4.69) is 32.6 Å². The molecule has 0 aliphatic carbocycles. The van der Waals surface area contributed by atoms with Gasteiger partial charge in [-0.2, -0.15) is 8.78 Å². The zero-order valence-electron chi connectivity index (χ0n) is 23.5. The highest BCUT2D eigenvalue weighted by Crippen LogP contribution is 2.30. The van der Waals surface area contributed by atoms with Crippen molar-refractivity contribution in [2.75, 3.05) is 13.2 Å². The van der Waals surface area contributed by atoms with Crippen LogP contribution in [-0.2, 0) is 0 Å². The van der Waals surface area contributed by atoms with E-state index in [1.54, 1.807) is 24.3 Å².